The topological polar surface area (TPSA) is 89.0 Å². The molecule has 0 fully saturated rings. The second kappa shape index (κ2) is 6.59. The molecule has 26 heavy (non-hydrogen) atoms. The van der Waals surface area contributed by atoms with E-state index in [0.717, 1.165) is 11.8 Å². The Balaban J connectivity index is 2.29. The van der Waals surface area contributed by atoms with Crippen molar-refractivity contribution in [2.45, 2.75) is 11.8 Å². The second-order valence-electron chi connectivity index (χ2n) is 5.91. The molecule has 0 saturated heterocycles. The Morgan fingerprint density at radius 1 is 1.00 bits per heavy atom. The normalized spacial score (nSPS) is 11.5. The van der Waals surface area contributed by atoms with Gasteiger partial charge in [-0.15, -0.1) is 0 Å². The van der Waals surface area contributed by atoms with Gasteiger partial charge in [0.25, 0.3) is 5.56 Å². The van der Waals surface area contributed by atoms with Gasteiger partial charge in [-0.1, -0.05) is 41.4 Å². The van der Waals surface area contributed by atoms with Gasteiger partial charge in [0.15, 0.2) is 9.84 Å². The number of nitrogens with one attached hydrogen (secondary N) is 1. The lowest BCUT2D eigenvalue weighted by molar-refractivity contribution is 0.602. The molecule has 1 aromatic heterocycles. The molecule has 0 unspecified atom stereocenters. The minimum Gasteiger partial charge on any atom is -0.274 e. The van der Waals surface area contributed by atoms with Crippen LogP contribution in [0.5, 0.6) is 0 Å². The third kappa shape index (κ3) is 3.49. The lowest BCUT2D eigenvalue weighted by Crippen LogP contribution is -2.29. The van der Waals surface area contributed by atoms with Gasteiger partial charge >= 0.3 is 5.69 Å². The molecular weight excluding hydrogens is 376 g/mol. The fourth-order valence-corrected chi connectivity index (χ4v) is 3.94. The fourth-order valence-electron chi connectivity index (χ4n) is 2.62. The van der Waals surface area contributed by atoms with Crippen molar-refractivity contribution in [2.75, 3.05) is 6.26 Å². The third-order valence-corrected chi connectivity index (χ3v) is 5.44. The van der Waals surface area contributed by atoms with Crippen LogP contribution in [0.3, 0.4) is 0 Å². The van der Waals surface area contributed by atoms with Crippen molar-refractivity contribution in [2.24, 2.45) is 0 Å². The van der Waals surface area contributed by atoms with Crippen LogP contribution < -0.4 is 11.2 Å². The number of H-pyrrole nitrogens is 1. The molecule has 0 bridgehead atoms. The van der Waals surface area contributed by atoms with Crippen molar-refractivity contribution in [3.8, 4) is 16.9 Å². The SMILES string of the molecule is Cc1ccc(-c2cc(=O)[nH]c(=O)n2-c2ccc(S(C)(=O)=O)c(Cl)c2)cc1. The molecule has 0 radical (unpaired) electrons. The highest BCUT2D eigenvalue weighted by molar-refractivity contribution is 7.90. The van der Waals surface area contributed by atoms with Gasteiger partial charge < -0.3 is 0 Å². The van der Waals surface area contributed by atoms with Crippen molar-refractivity contribution in [1.82, 2.24) is 9.55 Å². The summed E-state index contributed by atoms with van der Waals surface area (Å²) in [5.74, 6) is 0. The summed E-state index contributed by atoms with van der Waals surface area (Å²) in [5.41, 5.74) is 1.26. The average molecular weight is 391 g/mol. The molecule has 8 heteroatoms. The average Bonchev–Trinajstić information content (AvgIpc) is 2.53. The van der Waals surface area contributed by atoms with E-state index in [1.807, 2.05) is 19.1 Å². The van der Waals surface area contributed by atoms with Gasteiger partial charge in [0, 0.05) is 12.3 Å². The quantitative estimate of drug-likeness (QED) is 0.744. The van der Waals surface area contributed by atoms with E-state index in [2.05, 4.69) is 4.98 Å². The van der Waals surface area contributed by atoms with Crippen LogP contribution in [0, 0.1) is 6.92 Å². The van der Waals surface area contributed by atoms with E-state index in [-0.39, 0.29) is 9.92 Å². The number of aromatic amines is 1. The van der Waals surface area contributed by atoms with Gasteiger partial charge in [0.1, 0.15) is 0 Å². The Morgan fingerprint density at radius 2 is 1.65 bits per heavy atom. The molecule has 1 heterocycles. The molecule has 0 saturated carbocycles. The molecule has 0 atom stereocenters. The van der Waals surface area contributed by atoms with E-state index in [4.69, 9.17) is 11.6 Å². The number of halogens is 1. The monoisotopic (exact) mass is 390 g/mol. The first-order valence-corrected chi connectivity index (χ1v) is 9.87. The minimum atomic E-state index is -3.49. The summed E-state index contributed by atoms with van der Waals surface area (Å²) in [4.78, 5) is 26.4. The number of aryl methyl sites for hydroxylation is 1. The molecule has 0 aliphatic carbocycles. The standard InChI is InChI=1S/C18H15ClN2O4S/c1-11-3-5-12(6-4-11)15-10-17(22)20-18(23)21(15)13-7-8-16(14(19)9-13)26(2,24)25/h3-10H,1-2H3,(H,20,22,23). The van der Waals surface area contributed by atoms with Gasteiger partial charge in [0.2, 0.25) is 0 Å². The summed E-state index contributed by atoms with van der Waals surface area (Å²) in [6.45, 7) is 1.93. The lowest BCUT2D eigenvalue weighted by atomic mass is 10.1. The number of sulfone groups is 1. The summed E-state index contributed by atoms with van der Waals surface area (Å²) in [6, 6.07) is 12.8. The Bertz CT molecular complexity index is 1210. The smallest absolute Gasteiger partial charge is 0.274 e. The number of hydrogen-bond donors (Lipinski definition) is 1. The van der Waals surface area contributed by atoms with E-state index in [1.165, 1.54) is 28.8 Å². The molecule has 1 N–H and O–H groups in total. The molecule has 0 spiro atoms. The molecule has 6 nitrogen and oxygen atoms in total. The molecule has 0 amide bonds. The third-order valence-electron chi connectivity index (χ3n) is 3.86. The Hall–Kier alpha value is -2.64. The molecule has 3 aromatic rings. The highest BCUT2D eigenvalue weighted by atomic mass is 35.5. The van der Waals surface area contributed by atoms with Crippen molar-refractivity contribution >= 4 is 21.4 Å². The fraction of sp³-hybridized carbons (Fsp3) is 0.111. The maximum atomic E-state index is 12.4. The van der Waals surface area contributed by atoms with Gasteiger partial charge in [-0.3, -0.25) is 14.3 Å². The van der Waals surface area contributed by atoms with Crippen molar-refractivity contribution in [3.63, 3.8) is 0 Å². The summed E-state index contributed by atoms with van der Waals surface area (Å²) < 4.78 is 24.7. The number of nitrogens with zero attached hydrogens (tertiary/aromatic N) is 1. The van der Waals surface area contributed by atoms with E-state index in [9.17, 15) is 18.0 Å². The summed E-state index contributed by atoms with van der Waals surface area (Å²) >= 11 is 6.10. The summed E-state index contributed by atoms with van der Waals surface area (Å²) in [7, 11) is -3.49. The van der Waals surface area contributed by atoms with Crippen molar-refractivity contribution in [1.29, 1.82) is 0 Å². The summed E-state index contributed by atoms with van der Waals surface area (Å²) in [5, 5.41) is -0.00189. The largest absolute Gasteiger partial charge is 0.333 e. The van der Waals surface area contributed by atoms with E-state index >= 15 is 0 Å². The molecule has 2 aromatic carbocycles. The van der Waals surface area contributed by atoms with Crippen LogP contribution >= 0.6 is 11.6 Å². The highest BCUT2D eigenvalue weighted by Gasteiger charge is 2.16. The van der Waals surface area contributed by atoms with Crippen LogP contribution in [0.2, 0.25) is 5.02 Å². The Morgan fingerprint density at radius 3 is 2.23 bits per heavy atom. The van der Waals surface area contributed by atoms with E-state index < -0.39 is 21.1 Å². The van der Waals surface area contributed by atoms with Crippen LogP contribution in [0.25, 0.3) is 16.9 Å². The maximum absolute atomic E-state index is 12.4. The van der Waals surface area contributed by atoms with Crippen LogP contribution in [0.4, 0.5) is 0 Å². The predicted molar refractivity (Wildman–Crippen MR) is 101 cm³/mol. The first-order valence-electron chi connectivity index (χ1n) is 7.60. The molecule has 0 aliphatic heterocycles. The maximum Gasteiger partial charge on any atom is 0.333 e. The van der Waals surface area contributed by atoms with Crippen molar-refractivity contribution in [3.05, 3.63) is 80.0 Å². The Labute approximate surface area is 154 Å². The van der Waals surface area contributed by atoms with Gasteiger partial charge in [-0.25, -0.2) is 13.2 Å². The van der Waals surface area contributed by atoms with Gasteiger partial charge in [-0.05, 0) is 30.7 Å². The number of hydrogen-bond acceptors (Lipinski definition) is 4. The zero-order valence-corrected chi connectivity index (χ0v) is 15.6. The van der Waals surface area contributed by atoms with Crippen LogP contribution in [0.1, 0.15) is 5.56 Å². The van der Waals surface area contributed by atoms with E-state index in [0.29, 0.717) is 16.9 Å². The van der Waals surface area contributed by atoms with Crippen LogP contribution in [-0.4, -0.2) is 24.2 Å². The molecule has 3 rings (SSSR count). The van der Waals surface area contributed by atoms with Crippen LogP contribution in [-0.2, 0) is 9.84 Å². The molecule has 134 valence electrons. The zero-order valence-electron chi connectivity index (χ0n) is 14.0. The van der Waals surface area contributed by atoms with Gasteiger partial charge in [0.05, 0.1) is 21.3 Å². The predicted octanol–water partition coefficient (Wildman–Crippen LogP) is 2.56. The number of aromatic nitrogens is 2. The first kappa shape index (κ1) is 18.2. The molecular formula is C18H15ClN2O4S. The zero-order chi connectivity index (χ0) is 19.1. The highest BCUT2D eigenvalue weighted by Crippen LogP contribution is 2.26. The number of benzene rings is 2. The number of rotatable bonds is 3. The van der Waals surface area contributed by atoms with Gasteiger partial charge in [-0.2, -0.15) is 0 Å². The lowest BCUT2D eigenvalue weighted by Gasteiger charge is -2.13. The van der Waals surface area contributed by atoms with Crippen molar-refractivity contribution < 1.29 is 8.42 Å². The van der Waals surface area contributed by atoms with E-state index in [1.54, 1.807) is 12.1 Å². The van der Waals surface area contributed by atoms with Crippen LogP contribution in [0.15, 0.2) is 63.0 Å². The molecule has 0 aliphatic rings. The first-order chi connectivity index (χ1) is 12.2. The minimum absolute atomic E-state index is 0.00189. The summed E-state index contributed by atoms with van der Waals surface area (Å²) in [6.07, 6.45) is 1.05. The second-order valence-corrected chi connectivity index (χ2v) is 8.30. The Kier molecular flexibility index (Phi) is 4.60.